The van der Waals surface area contributed by atoms with Gasteiger partial charge in [-0.2, -0.15) is 38.8 Å². The third-order valence-electron chi connectivity index (χ3n) is 2.77. The summed E-state index contributed by atoms with van der Waals surface area (Å²) < 4.78 is 43.0. The second-order valence-electron chi connectivity index (χ2n) is 4.44. The van der Waals surface area contributed by atoms with Crippen LogP contribution in [0.3, 0.4) is 0 Å². The number of ether oxygens (including phenoxy) is 1. The van der Waals surface area contributed by atoms with Gasteiger partial charge >= 0.3 is 12.2 Å². The molecule has 1 unspecified atom stereocenters. The van der Waals surface area contributed by atoms with E-state index in [2.05, 4.69) is 25.7 Å². The first-order chi connectivity index (χ1) is 11.3. The third kappa shape index (κ3) is 3.97. The van der Waals surface area contributed by atoms with Crippen LogP contribution in [0.4, 0.5) is 23.7 Å². The predicted molar refractivity (Wildman–Crippen MR) is 77.1 cm³/mol. The predicted octanol–water partition coefficient (Wildman–Crippen LogP) is 2.63. The van der Waals surface area contributed by atoms with Gasteiger partial charge in [-0.3, -0.25) is 0 Å². The van der Waals surface area contributed by atoms with E-state index in [1.807, 2.05) is 0 Å². The fraction of sp³-hybridized carbons (Fsp3) is 0.308. The van der Waals surface area contributed by atoms with Gasteiger partial charge in [0.25, 0.3) is 0 Å². The van der Waals surface area contributed by atoms with Crippen LogP contribution in [0.15, 0.2) is 23.2 Å². The van der Waals surface area contributed by atoms with Gasteiger partial charge in [-0.05, 0) is 25.1 Å². The molecule has 0 aliphatic carbocycles. The zero-order valence-electron chi connectivity index (χ0n) is 12.3. The Balaban J connectivity index is 2.21. The molecule has 2 N–H and O–H groups in total. The Morgan fingerprint density at radius 1 is 1.46 bits per heavy atom. The zero-order valence-corrected chi connectivity index (χ0v) is 12.3. The number of aromatic nitrogens is 3. The fourth-order valence-electron chi connectivity index (χ4n) is 1.77. The topological polar surface area (TPSA) is 116 Å². The second kappa shape index (κ2) is 6.95. The average molecular weight is 340 g/mol. The summed E-state index contributed by atoms with van der Waals surface area (Å²) in [6, 6.07) is 4.41. The van der Waals surface area contributed by atoms with Crippen molar-refractivity contribution in [2.75, 3.05) is 11.9 Å². The lowest BCUT2D eigenvalue weighted by molar-refractivity contribution is -0.145. The van der Waals surface area contributed by atoms with Crippen LogP contribution in [-0.2, 0) is 4.74 Å². The maximum Gasteiger partial charge on any atom is 0.413 e. The van der Waals surface area contributed by atoms with E-state index in [9.17, 15) is 18.0 Å². The molecule has 126 valence electrons. The number of carbonyl (C=O) groups excluding carboxylic acids is 1. The minimum Gasteiger partial charge on any atom is -0.480 e. The summed E-state index contributed by atoms with van der Waals surface area (Å²) in [5.74, 6) is -3.63. The first-order valence-electron chi connectivity index (χ1n) is 6.64. The molecule has 1 aromatic heterocycles. The minimum absolute atomic E-state index is 0.175. The molecule has 0 aliphatic heterocycles. The summed E-state index contributed by atoms with van der Waals surface area (Å²) in [4.78, 5) is 15.0. The number of rotatable bonds is 3. The highest BCUT2D eigenvalue weighted by Gasteiger charge is 2.45. The standard InChI is InChI=1S/C13H11F3N6O2/c1-2-24-11(8(6-17)13(14,15)16)19-12(23)18-7-3-4-9-10(5-7)21-22-20-9/h3-5,8H,2H2,1H3,(H,18,23)(H,20,21,22). The highest BCUT2D eigenvalue weighted by Crippen LogP contribution is 2.27. The number of nitrogens with zero attached hydrogens (tertiary/aromatic N) is 4. The normalized spacial score (nSPS) is 13.4. The van der Waals surface area contributed by atoms with Gasteiger partial charge in [0.15, 0.2) is 0 Å². The van der Waals surface area contributed by atoms with Gasteiger partial charge in [0.2, 0.25) is 11.8 Å². The van der Waals surface area contributed by atoms with Crippen LogP contribution in [0.5, 0.6) is 0 Å². The maximum atomic E-state index is 12.8. The Bertz CT molecular complexity index is 808. The Labute approximate surface area is 133 Å². The number of nitrogens with one attached hydrogen (secondary N) is 2. The van der Waals surface area contributed by atoms with Gasteiger partial charge in [0, 0.05) is 5.69 Å². The molecule has 2 amide bonds. The molecule has 2 aromatic rings. The van der Waals surface area contributed by atoms with Crippen LogP contribution in [0.25, 0.3) is 11.0 Å². The first kappa shape index (κ1) is 17.2. The van der Waals surface area contributed by atoms with E-state index >= 15 is 0 Å². The van der Waals surface area contributed by atoms with Gasteiger partial charge in [-0.15, -0.1) is 0 Å². The summed E-state index contributed by atoms with van der Waals surface area (Å²) in [6.45, 7) is 1.24. The lowest BCUT2D eigenvalue weighted by Crippen LogP contribution is -2.32. The molecule has 0 fully saturated rings. The van der Waals surface area contributed by atoms with Crippen LogP contribution in [0.1, 0.15) is 6.92 Å². The van der Waals surface area contributed by atoms with Crippen molar-refractivity contribution in [1.29, 1.82) is 5.26 Å². The molecule has 11 heteroatoms. The summed E-state index contributed by atoms with van der Waals surface area (Å²) in [5, 5.41) is 21.0. The quantitative estimate of drug-likeness (QED) is 0.658. The summed E-state index contributed by atoms with van der Waals surface area (Å²) in [5.41, 5.74) is 1.25. The largest absolute Gasteiger partial charge is 0.480 e. The Morgan fingerprint density at radius 2 is 2.17 bits per heavy atom. The summed E-state index contributed by atoms with van der Waals surface area (Å²) in [7, 11) is 0. The number of carbonyl (C=O) groups is 1. The Hall–Kier alpha value is -3.16. The molecular formula is C13H11F3N6O2. The highest BCUT2D eigenvalue weighted by atomic mass is 19.4. The number of urea groups is 1. The third-order valence-corrected chi connectivity index (χ3v) is 2.77. The second-order valence-corrected chi connectivity index (χ2v) is 4.44. The number of alkyl halides is 3. The Kier molecular flexibility index (Phi) is 4.98. The number of anilines is 1. The molecule has 0 spiro atoms. The highest BCUT2D eigenvalue weighted by molar-refractivity contribution is 6.00. The molecule has 0 saturated heterocycles. The molecule has 2 rings (SSSR count). The maximum absolute atomic E-state index is 12.8. The van der Waals surface area contributed by atoms with Crippen LogP contribution in [-0.4, -0.2) is 40.1 Å². The van der Waals surface area contributed by atoms with Crippen LogP contribution in [0, 0.1) is 17.2 Å². The molecule has 0 radical (unpaired) electrons. The van der Waals surface area contributed by atoms with Crippen LogP contribution in [0.2, 0.25) is 0 Å². The number of hydrogen-bond acceptors (Lipinski definition) is 5. The Morgan fingerprint density at radius 3 is 2.79 bits per heavy atom. The molecule has 24 heavy (non-hydrogen) atoms. The number of hydrogen-bond donors (Lipinski definition) is 2. The van der Waals surface area contributed by atoms with Crippen molar-refractivity contribution in [3.05, 3.63) is 18.2 Å². The van der Waals surface area contributed by atoms with E-state index in [-0.39, 0.29) is 12.3 Å². The zero-order chi connectivity index (χ0) is 17.7. The van der Waals surface area contributed by atoms with E-state index in [0.29, 0.717) is 11.0 Å². The van der Waals surface area contributed by atoms with Gasteiger partial charge in [-0.25, -0.2) is 4.79 Å². The smallest absolute Gasteiger partial charge is 0.413 e. The van der Waals surface area contributed by atoms with E-state index in [1.54, 1.807) is 6.07 Å². The van der Waals surface area contributed by atoms with Crippen molar-refractivity contribution in [2.24, 2.45) is 10.9 Å². The van der Waals surface area contributed by atoms with E-state index < -0.39 is 24.0 Å². The van der Waals surface area contributed by atoms with E-state index in [1.165, 1.54) is 19.1 Å². The molecule has 1 atom stereocenters. The monoisotopic (exact) mass is 340 g/mol. The van der Waals surface area contributed by atoms with Gasteiger partial charge in [0.05, 0.1) is 12.7 Å². The van der Waals surface area contributed by atoms with Crippen LogP contribution >= 0.6 is 0 Å². The van der Waals surface area contributed by atoms with Crippen molar-refractivity contribution in [1.82, 2.24) is 15.4 Å². The molecule has 1 heterocycles. The average Bonchev–Trinajstić information content (AvgIpc) is 2.94. The van der Waals surface area contributed by atoms with Gasteiger partial charge < -0.3 is 10.1 Å². The molecule has 0 aliphatic rings. The number of benzene rings is 1. The van der Waals surface area contributed by atoms with E-state index in [4.69, 9.17) is 10.00 Å². The molecule has 0 saturated carbocycles. The summed E-state index contributed by atoms with van der Waals surface area (Å²) >= 11 is 0. The number of aromatic amines is 1. The SMILES string of the molecule is CCOC(=NC(=O)Nc1ccc2n[nH]nc2c1)C(C#N)C(F)(F)F. The lowest BCUT2D eigenvalue weighted by atomic mass is 10.1. The molecule has 8 nitrogen and oxygen atoms in total. The summed E-state index contributed by atoms with van der Waals surface area (Å²) in [6.07, 6.45) is -4.90. The van der Waals surface area contributed by atoms with Crippen molar-refractivity contribution >= 4 is 28.6 Å². The van der Waals surface area contributed by atoms with Gasteiger partial charge in [-0.1, -0.05) is 0 Å². The number of halogens is 3. The van der Waals surface area contributed by atoms with Crippen molar-refractivity contribution in [3.63, 3.8) is 0 Å². The van der Waals surface area contributed by atoms with E-state index in [0.717, 1.165) is 6.07 Å². The van der Waals surface area contributed by atoms with Crippen molar-refractivity contribution < 1.29 is 22.7 Å². The molecule has 0 bridgehead atoms. The molecule has 1 aromatic carbocycles. The number of fused-ring (bicyclic) bond motifs is 1. The van der Waals surface area contributed by atoms with Crippen molar-refractivity contribution in [3.8, 4) is 6.07 Å². The number of amides is 2. The first-order valence-corrected chi connectivity index (χ1v) is 6.64. The van der Waals surface area contributed by atoms with Crippen LogP contribution < -0.4 is 5.32 Å². The van der Waals surface area contributed by atoms with Gasteiger partial charge in [0.1, 0.15) is 11.0 Å². The lowest BCUT2D eigenvalue weighted by Gasteiger charge is -2.15. The molecular weight excluding hydrogens is 329 g/mol. The van der Waals surface area contributed by atoms with Crippen molar-refractivity contribution in [2.45, 2.75) is 13.1 Å². The number of nitriles is 1. The fourth-order valence-corrected chi connectivity index (χ4v) is 1.77. The minimum atomic E-state index is -4.90. The number of aliphatic imine (C=N–C) groups is 1. The number of H-pyrrole nitrogens is 1.